The third-order valence-corrected chi connectivity index (χ3v) is 9.85. The van der Waals surface area contributed by atoms with Gasteiger partial charge in [-0.25, -0.2) is 13.4 Å². The molecular formula is C30H32N4O3S. The molecule has 1 amide bonds. The van der Waals surface area contributed by atoms with Gasteiger partial charge in [0, 0.05) is 31.2 Å². The van der Waals surface area contributed by atoms with Crippen LogP contribution in [0.2, 0.25) is 0 Å². The number of aromatic nitrogens is 2. The second-order valence-corrected chi connectivity index (χ2v) is 12.1. The molecule has 2 aromatic heterocycles. The minimum Gasteiger partial charge on any atom is -0.310 e. The van der Waals surface area contributed by atoms with Crippen LogP contribution in [0.15, 0.2) is 83.9 Å². The predicted molar refractivity (Wildman–Crippen MR) is 150 cm³/mol. The summed E-state index contributed by atoms with van der Waals surface area (Å²) in [6.07, 6.45) is 5.97. The molecule has 6 rings (SSSR count). The number of hydrogen-bond acceptors (Lipinski definition) is 5. The SMILES string of the molecule is CC[C@H]1CCCN1S(=O)(=O)c1ccc(-c2cccc(NC(=O)C3(c4ccc5ncccc5c4)CC3)n2)cc1.[HH]. The molecule has 1 atom stereocenters. The van der Waals surface area contributed by atoms with Crippen molar-refractivity contribution >= 4 is 32.7 Å². The van der Waals surface area contributed by atoms with Crippen LogP contribution in [-0.4, -0.2) is 41.2 Å². The van der Waals surface area contributed by atoms with Gasteiger partial charge in [-0.05, 0) is 80.1 Å². The molecule has 38 heavy (non-hydrogen) atoms. The molecule has 196 valence electrons. The number of carbonyl (C=O) groups excluding carboxylic acids is 1. The third-order valence-electron chi connectivity index (χ3n) is 7.88. The number of nitrogens with one attached hydrogen (secondary N) is 1. The number of fused-ring (bicyclic) bond motifs is 1. The second-order valence-electron chi connectivity index (χ2n) is 10.2. The highest BCUT2D eigenvalue weighted by Crippen LogP contribution is 2.49. The molecule has 0 spiro atoms. The molecule has 0 radical (unpaired) electrons. The molecule has 8 heteroatoms. The summed E-state index contributed by atoms with van der Waals surface area (Å²) >= 11 is 0. The zero-order valence-electron chi connectivity index (χ0n) is 21.3. The van der Waals surface area contributed by atoms with E-state index in [2.05, 4.69) is 21.4 Å². The second kappa shape index (κ2) is 9.60. The van der Waals surface area contributed by atoms with Crippen molar-refractivity contribution in [3.8, 4) is 11.3 Å². The number of rotatable bonds is 7. The van der Waals surface area contributed by atoms with E-state index >= 15 is 0 Å². The summed E-state index contributed by atoms with van der Waals surface area (Å²) in [6, 6.07) is 22.3. The molecule has 2 fully saturated rings. The van der Waals surface area contributed by atoms with Gasteiger partial charge in [0.1, 0.15) is 5.82 Å². The average molecular weight is 529 g/mol. The zero-order valence-corrected chi connectivity index (χ0v) is 22.1. The van der Waals surface area contributed by atoms with Crippen LogP contribution in [-0.2, 0) is 20.2 Å². The van der Waals surface area contributed by atoms with Crippen LogP contribution in [0.4, 0.5) is 5.82 Å². The van der Waals surface area contributed by atoms with Crippen LogP contribution in [0, 0.1) is 0 Å². The van der Waals surface area contributed by atoms with Crippen LogP contribution >= 0.6 is 0 Å². The van der Waals surface area contributed by atoms with E-state index in [1.54, 1.807) is 40.8 Å². The number of amides is 1. The maximum Gasteiger partial charge on any atom is 0.243 e. The standard InChI is InChI=1S/C30H30N4O3S.H2/c1-2-24-7-5-19-34(24)38(36,37)25-13-10-21(11-14-25)27-8-3-9-28(32-27)33-29(35)30(16-17-30)23-12-15-26-22(20-23)6-4-18-31-26;/h3-4,6,8-15,18,20,24H,2,5,7,16-17,19H2,1H3,(H,32,33,35);1H/t24-;/m0./s1. The highest BCUT2D eigenvalue weighted by Gasteiger charge is 2.51. The molecule has 0 unspecified atom stereocenters. The van der Waals surface area contributed by atoms with Gasteiger partial charge in [-0.3, -0.25) is 9.78 Å². The smallest absolute Gasteiger partial charge is 0.243 e. The molecule has 4 aromatic rings. The Bertz CT molecular complexity index is 1620. The summed E-state index contributed by atoms with van der Waals surface area (Å²) in [5, 5.41) is 4.04. The minimum atomic E-state index is -3.52. The minimum absolute atomic E-state index is 0. The number of anilines is 1. The van der Waals surface area contributed by atoms with Crippen LogP contribution in [0.3, 0.4) is 0 Å². The van der Waals surface area contributed by atoms with E-state index in [4.69, 9.17) is 0 Å². The first-order valence-corrected chi connectivity index (χ1v) is 14.6. The summed E-state index contributed by atoms with van der Waals surface area (Å²) < 4.78 is 28.0. The van der Waals surface area contributed by atoms with Gasteiger partial charge in [-0.15, -0.1) is 0 Å². The van der Waals surface area contributed by atoms with Crippen molar-refractivity contribution in [3.05, 3.63) is 84.6 Å². The van der Waals surface area contributed by atoms with E-state index < -0.39 is 15.4 Å². The Morgan fingerprint density at radius 2 is 1.89 bits per heavy atom. The average Bonchev–Trinajstić information content (AvgIpc) is 3.62. The Kier molecular flexibility index (Phi) is 6.24. The maximum absolute atomic E-state index is 13.4. The first kappa shape index (κ1) is 24.7. The van der Waals surface area contributed by atoms with Crippen LogP contribution < -0.4 is 5.32 Å². The largest absolute Gasteiger partial charge is 0.310 e. The number of hydrogen-bond donors (Lipinski definition) is 1. The van der Waals surface area contributed by atoms with Gasteiger partial charge in [-0.2, -0.15) is 4.31 Å². The fourth-order valence-corrected chi connectivity index (χ4v) is 7.28. The lowest BCUT2D eigenvalue weighted by Crippen LogP contribution is -2.35. The van der Waals surface area contributed by atoms with Crippen LogP contribution in [0.1, 0.15) is 46.0 Å². The Balaban J connectivity index is 0.00000308. The van der Waals surface area contributed by atoms with Gasteiger partial charge in [-0.1, -0.05) is 37.3 Å². The molecular weight excluding hydrogens is 496 g/mol. The molecule has 1 saturated heterocycles. The molecule has 1 aliphatic carbocycles. The normalized spacial score (nSPS) is 18.9. The van der Waals surface area contributed by atoms with Gasteiger partial charge in [0.05, 0.1) is 21.5 Å². The maximum atomic E-state index is 13.4. The number of pyridine rings is 2. The van der Waals surface area contributed by atoms with Gasteiger partial charge < -0.3 is 5.32 Å². The van der Waals surface area contributed by atoms with E-state index in [0.29, 0.717) is 23.0 Å². The van der Waals surface area contributed by atoms with Gasteiger partial charge in [0.25, 0.3) is 0 Å². The van der Waals surface area contributed by atoms with E-state index in [0.717, 1.165) is 54.1 Å². The van der Waals surface area contributed by atoms with Gasteiger partial charge in [0.2, 0.25) is 15.9 Å². The van der Waals surface area contributed by atoms with E-state index in [-0.39, 0.29) is 13.4 Å². The predicted octanol–water partition coefficient (Wildman–Crippen LogP) is 5.78. The van der Waals surface area contributed by atoms with E-state index in [1.807, 2.05) is 43.3 Å². The van der Waals surface area contributed by atoms with Crippen LogP contribution in [0.5, 0.6) is 0 Å². The topological polar surface area (TPSA) is 92.3 Å². The summed E-state index contributed by atoms with van der Waals surface area (Å²) in [6.45, 7) is 2.60. The Hall–Kier alpha value is -3.62. The first-order chi connectivity index (χ1) is 18.4. The molecule has 2 aromatic carbocycles. The molecule has 1 N–H and O–H groups in total. The number of nitrogens with zero attached hydrogens (tertiary/aromatic N) is 3. The van der Waals surface area contributed by atoms with Crippen molar-refractivity contribution in [3.63, 3.8) is 0 Å². The summed E-state index contributed by atoms with van der Waals surface area (Å²) in [5.41, 5.74) is 2.81. The summed E-state index contributed by atoms with van der Waals surface area (Å²) in [5.74, 6) is 0.406. The Morgan fingerprint density at radius 1 is 1.08 bits per heavy atom. The lowest BCUT2D eigenvalue weighted by atomic mass is 9.93. The monoisotopic (exact) mass is 528 g/mol. The van der Waals surface area contributed by atoms with E-state index in [1.165, 1.54) is 0 Å². The lowest BCUT2D eigenvalue weighted by molar-refractivity contribution is -0.118. The van der Waals surface area contributed by atoms with Crippen molar-refractivity contribution in [2.75, 3.05) is 11.9 Å². The van der Waals surface area contributed by atoms with Crippen molar-refractivity contribution in [2.24, 2.45) is 0 Å². The Morgan fingerprint density at radius 3 is 2.66 bits per heavy atom. The van der Waals surface area contributed by atoms with Crippen molar-refractivity contribution < 1.29 is 14.6 Å². The lowest BCUT2D eigenvalue weighted by Gasteiger charge is -2.23. The fraction of sp³-hybridized carbons (Fsp3) is 0.300. The number of carbonyl (C=O) groups is 1. The number of sulfonamides is 1. The zero-order chi connectivity index (χ0) is 26.3. The van der Waals surface area contributed by atoms with Crippen molar-refractivity contribution in [1.82, 2.24) is 14.3 Å². The number of benzene rings is 2. The highest BCUT2D eigenvalue weighted by atomic mass is 32.2. The van der Waals surface area contributed by atoms with Crippen molar-refractivity contribution in [1.29, 1.82) is 0 Å². The highest BCUT2D eigenvalue weighted by molar-refractivity contribution is 7.89. The van der Waals surface area contributed by atoms with Crippen LogP contribution in [0.25, 0.3) is 22.2 Å². The third kappa shape index (κ3) is 4.37. The summed E-state index contributed by atoms with van der Waals surface area (Å²) in [7, 11) is -3.52. The fourth-order valence-electron chi connectivity index (χ4n) is 5.51. The molecule has 1 aliphatic heterocycles. The molecule has 7 nitrogen and oxygen atoms in total. The van der Waals surface area contributed by atoms with E-state index in [9.17, 15) is 13.2 Å². The molecule has 0 bridgehead atoms. The molecule has 3 heterocycles. The summed E-state index contributed by atoms with van der Waals surface area (Å²) in [4.78, 5) is 22.7. The first-order valence-electron chi connectivity index (χ1n) is 13.2. The Labute approximate surface area is 224 Å². The quantitative estimate of drug-likeness (QED) is 0.328. The van der Waals surface area contributed by atoms with Crippen molar-refractivity contribution in [2.45, 2.75) is 55.4 Å². The van der Waals surface area contributed by atoms with Gasteiger partial charge in [0.15, 0.2) is 0 Å². The van der Waals surface area contributed by atoms with Gasteiger partial charge >= 0.3 is 0 Å². The molecule has 1 saturated carbocycles. The molecule has 2 aliphatic rings.